The van der Waals surface area contributed by atoms with Crippen molar-refractivity contribution < 1.29 is 0 Å². The van der Waals surface area contributed by atoms with Gasteiger partial charge in [-0.2, -0.15) is 0 Å². The Hall–Kier alpha value is -1.69. The van der Waals surface area contributed by atoms with Gasteiger partial charge in [0.25, 0.3) is 0 Å². The van der Waals surface area contributed by atoms with E-state index in [0.29, 0.717) is 0 Å². The third-order valence-electron chi connectivity index (χ3n) is 3.86. The second-order valence-corrected chi connectivity index (χ2v) is 6.42. The van der Waals surface area contributed by atoms with Crippen molar-refractivity contribution in [2.45, 2.75) is 6.54 Å². The van der Waals surface area contributed by atoms with Gasteiger partial charge in [0.2, 0.25) is 0 Å². The summed E-state index contributed by atoms with van der Waals surface area (Å²) in [5.41, 5.74) is 2.43. The van der Waals surface area contributed by atoms with Crippen LogP contribution in [0.2, 0.25) is 0 Å². The molecular weight excluding hydrogens is 280 g/mol. The molecule has 0 atom stereocenters. The van der Waals surface area contributed by atoms with Gasteiger partial charge in [0, 0.05) is 45.1 Å². The molecule has 4 rings (SSSR count). The molecule has 1 aromatic carbocycles. The molecule has 108 valence electrons. The van der Waals surface area contributed by atoms with Crippen molar-refractivity contribution in [3.63, 3.8) is 0 Å². The van der Waals surface area contributed by atoms with Gasteiger partial charge in [-0.25, -0.2) is 4.98 Å². The van der Waals surface area contributed by atoms with Gasteiger partial charge in [0.05, 0.1) is 10.6 Å². The molecule has 1 fully saturated rings. The van der Waals surface area contributed by atoms with Crippen LogP contribution in [0.15, 0.2) is 42.7 Å². The van der Waals surface area contributed by atoms with Gasteiger partial charge in [0.1, 0.15) is 0 Å². The van der Waals surface area contributed by atoms with Gasteiger partial charge in [-0.3, -0.25) is 9.30 Å². The lowest BCUT2D eigenvalue weighted by molar-refractivity contribution is 0.231. The number of imidazole rings is 1. The second-order valence-electron chi connectivity index (χ2n) is 5.41. The smallest absolute Gasteiger partial charge is 0.194 e. The molecule has 2 aromatic heterocycles. The minimum Gasteiger partial charge on any atom is -0.314 e. The van der Waals surface area contributed by atoms with Gasteiger partial charge in [-0.15, -0.1) is 0 Å². The van der Waals surface area contributed by atoms with E-state index < -0.39 is 0 Å². The Bertz CT molecular complexity index is 694. The zero-order valence-corrected chi connectivity index (χ0v) is 12.6. The zero-order chi connectivity index (χ0) is 14.1. The first-order chi connectivity index (χ1) is 10.4. The number of aromatic nitrogens is 2. The van der Waals surface area contributed by atoms with Crippen LogP contribution >= 0.6 is 11.3 Å². The number of nitrogens with one attached hydrogen (secondary N) is 1. The van der Waals surface area contributed by atoms with Crippen molar-refractivity contribution in [1.29, 1.82) is 0 Å². The van der Waals surface area contributed by atoms with Crippen LogP contribution in [0.25, 0.3) is 15.4 Å². The van der Waals surface area contributed by atoms with E-state index in [1.807, 2.05) is 6.07 Å². The molecule has 0 amide bonds. The van der Waals surface area contributed by atoms with E-state index in [1.165, 1.54) is 16.1 Å². The monoisotopic (exact) mass is 298 g/mol. The highest BCUT2D eigenvalue weighted by Gasteiger charge is 2.13. The molecule has 1 N–H and O–H groups in total. The Morgan fingerprint density at radius 1 is 1.10 bits per heavy atom. The van der Waals surface area contributed by atoms with E-state index in [0.717, 1.165) is 37.7 Å². The molecule has 0 bridgehead atoms. The molecular formula is C16H18N4S. The minimum absolute atomic E-state index is 0.955. The Labute approximate surface area is 128 Å². The summed E-state index contributed by atoms with van der Waals surface area (Å²) in [7, 11) is 0. The highest BCUT2D eigenvalue weighted by atomic mass is 32.1. The maximum absolute atomic E-state index is 4.77. The SMILES string of the molecule is c1ccc(-c2cn3cc(CN4CCNCC4)nc3s2)cc1. The summed E-state index contributed by atoms with van der Waals surface area (Å²) >= 11 is 1.75. The molecule has 0 aliphatic carbocycles. The molecule has 0 unspecified atom stereocenters. The Morgan fingerprint density at radius 2 is 1.90 bits per heavy atom. The van der Waals surface area contributed by atoms with E-state index in [1.54, 1.807) is 11.3 Å². The molecule has 0 saturated carbocycles. The summed E-state index contributed by atoms with van der Waals surface area (Å²) in [6, 6.07) is 10.5. The third kappa shape index (κ3) is 2.72. The van der Waals surface area contributed by atoms with Crippen molar-refractivity contribution in [2.75, 3.05) is 26.2 Å². The quantitative estimate of drug-likeness (QED) is 0.806. The number of hydrogen-bond acceptors (Lipinski definition) is 4. The summed E-state index contributed by atoms with van der Waals surface area (Å²) < 4.78 is 2.16. The molecule has 3 aromatic rings. The number of rotatable bonds is 3. The third-order valence-corrected chi connectivity index (χ3v) is 4.91. The van der Waals surface area contributed by atoms with Gasteiger partial charge in [-0.05, 0) is 5.56 Å². The number of piperazine rings is 1. The van der Waals surface area contributed by atoms with E-state index in [-0.39, 0.29) is 0 Å². The normalized spacial score (nSPS) is 16.6. The highest BCUT2D eigenvalue weighted by Crippen LogP contribution is 2.28. The van der Waals surface area contributed by atoms with Gasteiger partial charge in [0.15, 0.2) is 4.96 Å². The molecule has 4 nitrogen and oxygen atoms in total. The van der Waals surface area contributed by atoms with Crippen LogP contribution in [-0.2, 0) is 6.54 Å². The molecule has 1 aliphatic heterocycles. The maximum Gasteiger partial charge on any atom is 0.194 e. The zero-order valence-electron chi connectivity index (χ0n) is 11.8. The standard InChI is InChI=1S/C16H18N4S/c1-2-4-13(5-3-1)15-12-20-11-14(18-16(20)21-15)10-19-8-6-17-7-9-19/h1-5,11-12,17H,6-10H2. The van der Waals surface area contributed by atoms with Crippen molar-refractivity contribution in [3.05, 3.63) is 48.4 Å². The van der Waals surface area contributed by atoms with Crippen LogP contribution < -0.4 is 5.32 Å². The number of nitrogens with zero attached hydrogens (tertiary/aromatic N) is 3. The molecule has 21 heavy (non-hydrogen) atoms. The Morgan fingerprint density at radius 3 is 2.67 bits per heavy atom. The second kappa shape index (κ2) is 5.60. The first kappa shape index (κ1) is 13.0. The van der Waals surface area contributed by atoms with Gasteiger partial charge in [-0.1, -0.05) is 41.7 Å². The van der Waals surface area contributed by atoms with Gasteiger partial charge < -0.3 is 5.32 Å². The molecule has 5 heteroatoms. The van der Waals surface area contributed by atoms with Crippen LogP contribution in [0, 0.1) is 0 Å². The first-order valence-corrected chi connectivity index (χ1v) is 8.16. The van der Waals surface area contributed by atoms with E-state index in [9.17, 15) is 0 Å². The topological polar surface area (TPSA) is 32.6 Å². The molecule has 1 saturated heterocycles. The fraction of sp³-hybridized carbons (Fsp3) is 0.312. The number of fused-ring (bicyclic) bond motifs is 1. The van der Waals surface area contributed by atoms with Crippen LogP contribution in [-0.4, -0.2) is 40.5 Å². The summed E-state index contributed by atoms with van der Waals surface area (Å²) in [5, 5.41) is 3.38. The average Bonchev–Trinajstić information content (AvgIpc) is 3.07. The van der Waals surface area contributed by atoms with Crippen LogP contribution in [0.4, 0.5) is 0 Å². The van der Waals surface area contributed by atoms with E-state index in [4.69, 9.17) is 4.98 Å². The van der Waals surface area contributed by atoms with Crippen molar-refractivity contribution in [3.8, 4) is 10.4 Å². The summed E-state index contributed by atoms with van der Waals surface area (Å²) in [6.07, 6.45) is 4.35. The molecule has 1 aliphatic rings. The lowest BCUT2D eigenvalue weighted by Crippen LogP contribution is -2.42. The van der Waals surface area contributed by atoms with Crippen molar-refractivity contribution in [1.82, 2.24) is 19.6 Å². The molecule has 0 radical (unpaired) electrons. The summed E-state index contributed by atoms with van der Waals surface area (Å²) in [4.78, 5) is 9.58. The maximum atomic E-state index is 4.77. The lowest BCUT2D eigenvalue weighted by atomic mass is 10.2. The van der Waals surface area contributed by atoms with E-state index in [2.05, 4.69) is 51.3 Å². The van der Waals surface area contributed by atoms with Crippen LogP contribution in [0.1, 0.15) is 5.69 Å². The fourth-order valence-electron chi connectivity index (χ4n) is 2.75. The number of thiazole rings is 1. The minimum atomic E-state index is 0.955. The Kier molecular flexibility index (Phi) is 3.47. The van der Waals surface area contributed by atoms with Crippen LogP contribution in [0.5, 0.6) is 0 Å². The highest BCUT2D eigenvalue weighted by molar-refractivity contribution is 7.20. The molecule has 0 spiro atoms. The van der Waals surface area contributed by atoms with Crippen molar-refractivity contribution >= 4 is 16.3 Å². The molecule has 3 heterocycles. The summed E-state index contributed by atoms with van der Waals surface area (Å²) in [5.74, 6) is 0. The Balaban J connectivity index is 1.56. The number of hydrogen-bond donors (Lipinski definition) is 1. The van der Waals surface area contributed by atoms with Crippen molar-refractivity contribution in [2.24, 2.45) is 0 Å². The predicted octanol–water partition coefficient (Wildman–Crippen LogP) is 2.47. The van der Waals surface area contributed by atoms with Crippen LogP contribution in [0.3, 0.4) is 0 Å². The average molecular weight is 298 g/mol. The predicted molar refractivity (Wildman–Crippen MR) is 86.7 cm³/mol. The fourth-order valence-corrected chi connectivity index (χ4v) is 3.75. The van der Waals surface area contributed by atoms with E-state index >= 15 is 0 Å². The number of benzene rings is 1. The summed E-state index contributed by atoms with van der Waals surface area (Å²) in [6.45, 7) is 5.35. The van der Waals surface area contributed by atoms with Gasteiger partial charge >= 0.3 is 0 Å². The largest absolute Gasteiger partial charge is 0.314 e. The lowest BCUT2D eigenvalue weighted by Gasteiger charge is -2.26. The first-order valence-electron chi connectivity index (χ1n) is 7.34.